The maximum absolute atomic E-state index is 14.2. The van der Waals surface area contributed by atoms with Gasteiger partial charge in [0.15, 0.2) is 11.5 Å². The molecule has 3 aromatic rings. The number of ether oxygens (including phenoxy) is 1. The van der Waals surface area contributed by atoms with Crippen molar-refractivity contribution < 1.29 is 18.7 Å². The van der Waals surface area contributed by atoms with Crippen molar-refractivity contribution in [3.63, 3.8) is 0 Å². The number of carbonyl (C=O) groups is 2. The molecule has 2 heterocycles. The molecule has 0 radical (unpaired) electrons. The van der Waals surface area contributed by atoms with E-state index in [9.17, 15) is 14.0 Å². The molecule has 7 nitrogen and oxygen atoms in total. The molecule has 128 valence electrons. The number of anilines is 1. The van der Waals surface area contributed by atoms with Gasteiger partial charge in [0.05, 0.1) is 24.6 Å². The van der Waals surface area contributed by atoms with E-state index in [-0.39, 0.29) is 17.0 Å². The predicted octanol–water partition coefficient (Wildman–Crippen LogP) is 2.59. The minimum absolute atomic E-state index is 0.143. The van der Waals surface area contributed by atoms with Gasteiger partial charge in [-0.15, -0.1) is 0 Å². The quantitative estimate of drug-likeness (QED) is 0.740. The van der Waals surface area contributed by atoms with Crippen LogP contribution in [0, 0.1) is 12.7 Å². The van der Waals surface area contributed by atoms with Gasteiger partial charge in [-0.2, -0.15) is 5.10 Å². The lowest BCUT2D eigenvalue weighted by Crippen LogP contribution is -2.06. The van der Waals surface area contributed by atoms with Crippen LogP contribution in [0.15, 0.2) is 30.5 Å². The summed E-state index contributed by atoms with van der Waals surface area (Å²) < 4.78 is 20.3. The average molecular weight is 342 g/mol. The summed E-state index contributed by atoms with van der Waals surface area (Å²) in [6, 6.07) is 6.18. The molecule has 3 rings (SSSR count). The minimum atomic E-state index is -0.616. The summed E-state index contributed by atoms with van der Waals surface area (Å²) in [7, 11) is 1.24. The lowest BCUT2D eigenvalue weighted by Gasteiger charge is -2.08. The van der Waals surface area contributed by atoms with Crippen LogP contribution in [0.5, 0.6) is 0 Å². The van der Waals surface area contributed by atoms with E-state index in [1.807, 2.05) is 0 Å². The smallest absolute Gasteiger partial charge is 0.338 e. The summed E-state index contributed by atoms with van der Waals surface area (Å²) in [5, 5.41) is 6.92. The number of carbonyl (C=O) groups excluding carboxylic acids is 2. The number of methoxy groups -OCH3 is 1. The summed E-state index contributed by atoms with van der Waals surface area (Å²) in [5.41, 5.74) is 1.76. The number of esters is 1. The normalized spacial score (nSPS) is 10.7. The Labute approximate surface area is 142 Å². The highest BCUT2D eigenvalue weighted by molar-refractivity contribution is 5.92. The van der Waals surface area contributed by atoms with Crippen LogP contribution in [0.3, 0.4) is 0 Å². The lowest BCUT2D eigenvalue weighted by atomic mass is 10.0. The molecule has 1 aromatic carbocycles. The van der Waals surface area contributed by atoms with Gasteiger partial charge in [0, 0.05) is 12.5 Å². The fourth-order valence-corrected chi connectivity index (χ4v) is 2.43. The van der Waals surface area contributed by atoms with Gasteiger partial charge in [0.1, 0.15) is 5.82 Å². The van der Waals surface area contributed by atoms with Gasteiger partial charge in [-0.25, -0.2) is 18.7 Å². The third-order valence-corrected chi connectivity index (χ3v) is 3.67. The number of halogens is 1. The molecule has 0 aliphatic heterocycles. The van der Waals surface area contributed by atoms with Gasteiger partial charge in [-0.3, -0.25) is 4.79 Å². The molecule has 8 heteroatoms. The monoisotopic (exact) mass is 342 g/mol. The number of hydrogen-bond acceptors (Lipinski definition) is 5. The number of fused-ring (bicyclic) bond motifs is 1. The van der Waals surface area contributed by atoms with E-state index in [1.54, 1.807) is 18.3 Å². The summed E-state index contributed by atoms with van der Waals surface area (Å²) in [6.45, 7) is 2.89. The van der Waals surface area contributed by atoms with Gasteiger partial charge in [0.2, 0.25) is 5.91 Å². The Bertz CT molecular complexity index is 997. The van der Waals surface area contributed by atoms with Crippen molar-refractivity contribution in [1.82, 2.24) is 14.6 Å². The number of imidazole rings is 1. The molecule has 0 aliphatic carbocycles. The van der Waals surface area contributed by atoms with E-state index in [4.69, 9.17) is 4.74 Å². The number of hydrogen-bond donors (Lipinski definition) is 1. The first kappa shape index (κ1) is 16.6. The van der Waals surface area contributed by atoms with E-state index in [2.05, 4.69) is 15.4 Å². The number of amides is 1. The molecule has 0 fully saturated rings. The van der Waals surface area contributed by atoms with E-state index < -0.39 is 11.8 Å². The van der Waals surface area contributed by atoms with Crippen molar-refractivity contribution in [3.05, 3.63) is 47.4 Å². The van der Waals surface area contributed by atoms with E-state index in [0.29, 0.717) is 22.7 Å². The molecule has 0 atom stereocenters. The molecule has 1 amide bonds. The Balaban J connectivity index is 2.08. The molecule has 2 aromatic heterocycles. The third kappa shape index (κ3) is 3.18. The van der Waals surface area contributed by atoms with Crippen LogP contribution in [0.4, 0.5) is 10.2 Å². The first-order chi connectivity index (χ1) is 11.9. The Morgan fingerprint density at radius 1 is 1.28 bits per heavy atom. The van der Waals surface area contributed by atoms with Crippen LogP contribution in [0.25, 0.3) is 16.9 Å². The largest absolute Gasteiger partial charge is 0.465 e. The highest BCUT2D eigenvalue weighted by Crippen LogP contribution is 2.24. The zero-order valence-electron chi connectivity index (χ0n) is 13.8. The Morgan fingerprint density at radius 3 is 2.72 bits per heavy atom. The summed E-state index contributed by atoms with van der Waals surface area (Å²) >= 11 is 0. The predicted molar refractivity (Wildman–Crippen MR) is 88.8 cm³/mol. The van der Waals surface area contributed by atoms with E-state index in [0.717, 1.165) is 0 Å². The van der Waals surface area contributed by atoms with Gasteiger partial charge in [-0.05, 0) is 36.8 Å². The molecule has 0 saturated carbocycles. The van der Waals surface area contributed by atoms with Gasteiger partial charge < -0.3 is 10.1 Å². The zero-order valence-corrected chi connectivity index (χ0v) is 13.8. The first-order valence-electron chi connectivity index (χ1n) is 7.42. The van der Waals surface area contributed by atoms with Crippen molar-refractivity contribution in [1.29, 1.82) is 0 Å². The fraction of sp³-hybridized carbons (Fsp3) is 0.176. The SMILES string of the molecule is COC(=O)c1cc(-c2ccc3nc(NC(C)=O)cn3n2)cc(F)c1C. The van der Waals surface area contributed by atoms with Gasteiger partial charge >= 0.3 is 5.97 Å². The average Bonchev–Trinajstić information content (AvgIpc) is 2.96. The highest BCUT2D eigenvalue weighted by atomic mass is 19.1. The standard InChI is InChI=1S/C17H15FN4O3/c1-9-12(17(24)25-3)6-11(7-13(9)18)14-4-5-16-20-15(19-10(2)23)8-22(16)21-14/h4-8H,1-3H3,(H,19,23). The summed E-state index contributed by atoms with van der Waals surface area (Å²) in [6.07, 6.45) is 1.55. The van der Waals surface area contributed by atoms with Crippen LogP contribution in [-0.4, -0.2) is 33.6 Å². The molecule has 1 N–H and O–H groups in total. The van der Waals surface area contributed by atoms with Gasteiger partial charge in [-0.1, -0.05) is 0 Å². The van der Waals surface area contributed by atoms with Crippen molar-refractivity contribution >= 4 is 23.3 Å². The molecule has 0 saturated heterocycles. The van der Waals surface area contributed by atoms with E-state index >= 15 is 0 Å². The van der Waals surface area contributed by atoms with Crippen LogP contribution in [-0.2, 0) is 9.53 Å². The zero-order chi connectivity index (χ0) is 18.1. The van der Waals surface area contributed by atoms with Crippen LogP contribution >= 0.6 is 0 Å². The molecule has 0 bridgehead atoms. The first-order valence-corrected chi connectivity index (χ1v) is 7.42. The molecule has 0 spiro atoms. The molecule has 0 unspecified atom stereocenters. The van der Waals surface area contributed by atoms with Crippen LogP contribution in [0.1, 0.15) is 22.8 Å². The second-order valence-corrected chi connectivity index (χ2v) is 5.45. The Morgan fingerprint density at radius 2 is 2.04 bits per heavy atom. The molecular formula is C17H15FN4O3. The van der Waals surface area contributed by atoms with Crippen molar-refractivity contribution in [3.8, 4) is 11.3 Å². The Kier molecular flexibility index (Phi) is 4.18. The molecular weight excluding hydrogens is 327 g/mol. The van der Waals surface area contributed by atoms with Crippen molar-refractivity contribution in [2.24, 2.45) is 0 Å². The van der Waals surface area contributed by atoms with Crippen molar-refractivity contribution in [2.75, 3.05) is 12.4 Å². The number of aromatic nitrogens is 3. The number of rotatable bonds is 3. The van der Waals surface area contributed by atoms with E-state index in [1.165, 1.54) is 37.6 Å². The van der Waals surface area contributed by atoms with Gasteiger partial charge in [0.25, 0.3) is 0 Å². The highest BCUT2D eigenvalue weighted by Gasteiger charge is 2.16. The number of nitrogens with one attached hydrogen (secondary N) is 1. The second kappa shape index (κ2) is 6.31. The lowest BCUT2D eigenvalue weighted by molar-refractivity contribution is -0.114. The topological polar surface area (TPSA) is 85.6 Å². The third-order valence-electron chi connectivity index (χ3n) is 3.67. The second-order valence-electron chi connectivity index (χ2n) is 5.45. The van der Waals surface area contributed by atoms with Crippen LogP contribution in [0.2, 0.25) is 0 Å². The fourth-order valence-electron chi connectivity index (χ4n) is 2.43. The summed E-state index contributed by atoms with van der Waals surface area (Å²) in [4.78, 5) is 27.1. The molecule has 25 heavy (non-hydrogen) atoms. The van der Waals surface area contributed by atoms with Crippen molar-refractivity contribution in [2.45, 2.75) is 13.8 Å². The Hall–Kier alpha value is -3.29. The maximum atomic E-state index is 14.2. The van der Waals surface area contributed by atoms with Crippen LogP contribution < -0.4 is 5.32 Å². The maximum Gasteiger partial charge on any atom is 0.338 e. The number of nitrogens with zero attached hydrogens (tertiary/aromatic N) is 3. The minimum Gasteiger partial charge on any atom is -0.465 e. The number of benzene rings is 1. The summed E-state index contributed by atoms with van der Waals surface area (Å²) in [5.74, 6) is -1.02. The molecule has 0 aliphatic rings.